The van der Waals surface area contributed by atoms with Crippen LogP contribution < -0.4 is 0 Å². The third-order valence-corrected chi connectivity index (χ3v) is 4.71. The molecular formula is C19H20N4O3. The predicted molar refractivity (Wildman–Crippen MR) is 93.2 cm³/mol. The van der Waals surface area contributed by atoms with E-state index < -0.39 is 0 Å². The molecule has 1 aliphatic rings. The summed E-state index contributed by atoms with van der Waals surface area (Å²) < 4.78 is 10.6. The second-order valence-corrected chi connectivity index (χ2v) is 6.53. The molecule has 1 aliphatic heterocycles. The SMILES string of the molecule is O=C(c1ccco1)N1CCCC(CCc2noc(-c3ccncc3)n2)C1. The molecule has 1 amide bonds. The zero-order valence-corrected chi connectivity index (χ0v) is 14.4. The van der Waals surface area contributed by atoms with Crippen LogP contribution in [0.25, 0.3) is 11.5 Å². The zero-order valence-electron chi connectivity index (χ0n) is 14.4. The fraction of sp³-hybridized carbons (Fsp3) is 0.368. The Kier molecular flexibility index (Phi) is 4.77. The van der Waals surface area contributed by atoms with Gasteiger partial charge in [0.05, 0.1) is 6.26 Å². The molecule has 0 N–H and O–H groups in total. The number of piperidine rings is 1. The fourth-order valence-electron chi connectivity index (χ4n) is 3.34. The number of carbonyl (C=O) groups excluding carboxylic acids is 1. The van der Waals surface area contributed by atoms with Crippen LogP contribution in [-0.2, 0) is 6.42 Å². The second kappa shape index (κ2) is 7.51. The van der Waals surface area contributed by atoms with E-state index in [4.69, 9.17) is 8.94 Å². The van der Waals surface area contributed by atoms with E-state index in [1.165, 1.54) is 6.26 Å². The number of hydrogen-bond donors (Lipinski definition) is 0. The number of likely N-dealkylation sites (tertiary alicyclic amines) is 1. The molecular weight excluding hydrogens is 332 g/mol. The summed E-state index contributed by atoms with van der Waals surface area (Å²) in [6.07, 6.45) is 8.71. The molecule has 26 heavy (non-hydrogen) atoms. The van der Waals surface area contributed by atoms with E-state index >= 15 is 0 Å². The summed E-state index contributed by atoms with van der Waals surface area (Å²) in [6.45, 7) is 1.53. The average molecular weight is 352 g/mol. The highest BCUT2D eigenvalue weighted by Crippen LogP contribution is 2.23. The predicted octanol–water partition coefficient (Wildman–Crippen LogP) is 3.21. The Morgan fingerprint density at radius 3 is 2.96 bits per heavy atom. The van der Waals surface area contributed by atoms with Crippen LogP contribution >= 0.6 is 0 Å². The molecule has 1 fully saturated rings. The maximum Gasteiger partial charge on any atom is 0.289 e. The lowest BCUT2D eigenvalue weighted by atomic mass is 9.93. The van der Waals surface area contributed by atoms with Crippen LogP contribution in [-0.4, -0.2) is 39.0 Å². The Balaban J connectivity index is 1.33. The van der Waals surface area contributed by atoms with Crippen molar-refractivity contribution in [2.24, 2.45) is 5.92 Å². The van der Waals surface area contributed by atoms with Crippen molar-refractivity contribution in [3.63, 3.8) is 0 Å². The molecule has 134 valence electrons. The zero-order chi connectivity index (χ0) is 17.8. The minimum atomic E-state index is -0.0285. The Bertz CT molecular complexity index is 845. The van der Waals surface area contributed by atoms with E-state index in [1.807, 2.05) is 17.0 Å². The number of carbonyl (C=O) groups is 1. The highest BCUT2D eigenvalue weighted by atomic mass is 16.5. The first-order valence-corrected chi connectivity index (χ1v) is 8.85. The number of amides is 1. The van der Waals surface area contributed by atoms with E-state index in [1.54, 1.807) is 24.5 Å². The summed E-state index contributed by atoms with van der Waals surface area (Å²) in [7, 11) is 0. The molecule has 0 radical (unpaired) electrons. The Hall–Kier alpha value is -2.96. The maximum atomic E-state index is 12.4. The van der Waals surface area contributed by atoms with E-state index in [9.17, 15) is 4.79 Å². The van der Waals surface area contributed by atoms with Gasteiger partial charge in [-0.15, -0.1) is 0 Å². The number of aryl methyl sites for hydroxylation is 1. The Morgan fingerprint density at radius 1 is 1.27 bits per heavy atom. The van der Waals surface area contributed by atoms with Gasteiger partial charge in [-0.25, -0.2) is 0 Å². The highest BCUT2D eigenvalue weighted by Gasteiger charge is 2.26. The first-order chi connectivity index (χ1) is 12.8. The van der Waals surface area contributed by atoms with Gasteiger partial charge in [0.15, 0.2) is 11.6 Å². The standard InChI is InChI=1S/C19H20N4O3/c24-19(16-4-2-12-25-16)23-11-1-3-14(13-23)5-6-17-21-18(26-22-17)15-7-9-20-10-8-15/h2,4,7-10,12,14H,1,3,5-6,11,13H2. The number of hydrogen-bond acceptors (Lipinski definition) is 6. The third kappa shape index (κ3) is 3.66. The van der Waals surface area contributed by atoms with E-state index in [-0.39, 0.29) is 5.91 Å². The second-order valence-electron chi connectivity index (χ2n) is 6.53. The summed E-state index contributed by atoms with van der Waals surface area (Å²) in [5.41, 5.74) is 0.867. The summed E-state index contributed by atoms with van der Waals surface area (Å²) in [6, 6.07) is 7.14. The van der Waals surface area contributed by atoms with Crippen molar-refractivity contribution in [3.8, 4) is 11.5 Å². The topological polar surface area (TPSA) is 85.3 Å². The van der Waals surface area contributed by atoms with Gasteiger partial charge in [0.1, 0.15) is 0 Å². The molecule has 7 nitrogen and oxygen atoms in total. The molecule has 3 aromatic rings. The van der Waals surface area contributed by atoms with Gasteiger partial charge in [-0.2, -0.15) is 4.98 Å². The molecule has 7 heteroatoms. The van der Waals surface area contributed by atoms with Crippen molar-refractivity contribution in [3.05, 3.63) is 54.5 Å². The van der Waals surface area contributed by atoms with Crippen molar-refractivity contribution < 1.29 is 13.7 Å². The minimum absolute atomic E-state index is 0.0285. The molecule has 0 bridgehead atoms. The monoisotopic (exact) mass is 352 g/mol. The van der Waals surface area contributed by atoms with Crippen LogP contribution in [0.4, 0.5) is 0 Å². The van der Waals surface area contributed by atoms with E-state index in [2.05, 4.69) is 15.1 Å². The van der Waals surface area contributed by atoms with Crippen LogP contribution in [0.2, 0.25) is 0 Å². The van der Waals surface area contributed by atoms with Crippen molar-refractivity contribution in [1.82, 2.24) is 20.0 Å². The number of furan rings is 1. The van der Waals surface area contributed by atoms with E-state index in [0.29, 0.717) is 23.4 Å². The van der Waals surface area contributed by atoms with Crippen LogP contribution in [0, 0.1) is 5.92 Å². The first kappa shape index (κ1) is 16.5. The van der Waals surface area contributed by atoms with Gasteiger partial charge in [-0.05, 0) is 49.4 Å². The average Bonchev–Trinajstić information content (AvgIpc) is 3.39. The van der Waals surface area contributed by atoms with Gasteiger partial charge in [0.25, 0.3) is 11.8 Å². The maximum absolute atomic E-state index is 12.4. The third-order valence-electron chi connectivity index (χ3n) is 4.71. The molecule has 0 aliphatic carbocycles. The van der Waals surface area contributed by atoms with Gasteiger partial charge in [0.2, 0.25) is 0 Å². The summed E-state index contributed by atoms with van der Waals surface area (Å²) in [5.74, 6) is 2.03. The van der Waals surface area contributed by atoms with E-state index in [0.717, 1.165) is 44.3 Å². The molecule has 4 rings (SSSR count). The Morgan fingerprint density at radius 2 is 2.15 bits per heavy atom. The largest absolute Gasteiger partial charge is 0.459 e. The van der Waals surface area contributed by atoms with Crippen molar-refractivity contribution in [1.29, 1.82) is 0 Å². The molecule has 1 unspecified atom stereocenters. The number of aromatic nitrogens is 3. The number of rotatable bonds is 5. The first-order valence-electron chi connectivity index (χ1n) is 8.85. The number of nitrogens with zero attached hydrogens (tertiary/aromatic N) is 4. The van der Waals surface area contributed by atoms with Crippen molar-refractivity contribution in [2.45, 2.75) is 25.7 Å². The summed E-state index contributed by atoms with van der Waals surface area (Å²) in [4.78, 5) is 22.8. The lowest BCUT2D eigenvalue weighted by molar-refractivity contribution is 0.0636. The van der Waals surface area contributed by atoms with Gasteiger partial charge < -0.3 is 13.8 Å². The van der Waals surface area contributed by atoms with Crippen LogP contribution in [0.1, 0.15) is 35.6 Å². The minimum Gasteiger partial charge on any atom is -0.459 e. The lowest BCUT2D eigenvalue weighted by Gasteiger charge is -2.32. The van der Waals surface area contributed by atoms with Crippen LogP contribution in [0.5, 0.6) is 0 Å². The van der Waals surface area contributed by atoms with Gasteiger partial charge >= 0.3 is 0 Å². The van der Waals surface area contributed by atoms with Gasteiger partial charge in [0, 0.05) is 37.5 Å². The molecule has 0 aromatic carbocycles. The fourth-order valence-corrected chi connectivity index (χ4v) is 3.34. The molecule has 3 aromatic heterocycles. The molecule has 0 saturated carbocycles. The van der Waals surface area contributed by atoms with Crippen LogP contribution in [0.15, 0.2) is 51.9 Å². The quantitative estimate of drug-likeness (QED) is 0.701. The Labute approximate surface area is 151 Å². The molecule has 1 saturated heterocycles. The smallest absolute Gasteiger partial charge is 0.289 e. The lowest BCUT2D eigenvalue weighted by Crippen LogP contribution is -2.39. The summed E-state index contributed by atoms with van der Waals surface area (Å²) in [5, 5.41) is 4.07. The molecule has 4 heterocycles. The van der Waals surface area contributed by atoms with Crippen molar-refractivity contribution >= 4 is 5.91 Å². The highest BCUT2D eigenvalue weighted by molar-refractivity contribution is 5.91. The normalized spacial score (nSPS) is 17.4. The summed E-state index contributed by atoms with van der Waals surface area (Å²) >= 11 is 0. The molecule has 1 atom stereocenters. The molecule has 0 spiro atoms. The van der Waals surface area contributed by atoms with Crippen molar-refractivity contribution in [2.75, 3.05) is 13.1 Å². The van der Waals surface area contributed by atoms with Crippen LogP contribution in [0.3, 0.4) is 0 Å². The van der Waals surface area contributed by atoms with Gasteiger partial charge in [-0.1, -0.05) is 5.16 Å². The number of pyridine rings is 1. The van der Waals surface area contributed by atoms with Gasteiger partial charge in [-0.3, -0.25) is 9.78 Å².